The Bertz CT molecular complexity index is 1070. The van der Waals surface area contributed by atoms with Crippen LogP contribution in [0.4, 0.5) is 19.0 Å². The highest BCUT2D eigenvalue weighted by molar-refractivity contribution is 6.06. The molecule has 1 saturated heterocycles. The fraction of sp³-hybridized carbons (Fsp3) is 0.250. The van der Waals surface area contributed by atoms with Gasteiger partial charge in [-0.2, -0.15) is 0 Å². The molecule has 1 aromatic heterocycles. The summed E-state index contributed by atoms with van der Waals surface area (Å²) in [6.45, 7) is 1.28. The van der Waals surface area contributed by atoms with Crippen LogP contribution in [0.3, 0.4) is 0 Å². The highest BCUT2D eigenvalue weighted by Crippen LogP contribution is 2.30. The number of nitrogens with zero attached hydrogens (tertiary/aromatic N) is 2. The lowest BCUT2D eigenvalue weighted by Crippen LogP contribution is -2.28. The van der Waals surface area contributed by atoms with E-state index in [4.69, 9.17) is 5.73 Å². The van der Waals surface area contributed by atoms with E-state index in [1.54, 1.807) is 30.3 Å². The summed E-state index contributed by atoms with van der Waals surface area (Å²) in [6, 6.07) is 10.9. The first kappa shape index (κ1) is 19.9. The van der Waals surface area contributed by atoms with Gasteiger partial charge in [-0.25, -0.2) is 9.97 Å². The molecule has 0 bridgehead atoms. The van der Waals surface area contributed by atoms with Crippen LogP contribution in [0.1, 0.15) is 21.8 Å². The van der Waals surface area contributed by atoms with E-state index in [1.165, 1.54) is 18.5 Å². The molecule has 0 radical (unpaired) electrons. The number of hydrogen-bond donors (Lipinski definition) is 3. The summed E-state index contributed by atoms with van der Waals surface area (Å²) in [5.74, 6) is -0.289. The number of nitrogens with one attached hydrogen (secondary N) is 2. The highest BCUT2D eigenvalue weighted by atomic mass is 19.4. The molecule has 2 heterocycles. The molecule has 4 N–H and O–H groups in total. The molecule has 3 aromatic rings. The fourth-order valence-corrected chi connectivity index (χ4v) is 3.67. The van der Waals surface area contributed by atoms with Crippen LogP contribution in [0.5, 0.6) is 5.75 Å². The normalized spacial score (nSPS) is 19.0. The predicted molar refractivity (Wildman–Crippen MR) is 104 cm³/mol. The molecule has 30 heavy (non-hydrogen) atoms. The summed E-state index contributed by atoms with van der Waals surface area (Å²) in [4.78, 5) is 20.2. The summed E-state index contributed by atoms with van der Waals surface area (Å²) in [7, 11) is 0. The average Bonchev–Trinajstić information content (AvgIpc) is 3.15. The molecule has 4 rings (SSSR count). The Morgan fingerprint density at radius 1 is 1.13 bits per heavy atom. The zero-order valence-electron chi connectivity index (χ0n) is 15.6. The molecular formula is C20H18F3N5O2. The second-order valence-corrected chi connectivity index (χ2v) is 6.92. The largest absolute Gasteiger partial charge is 0.573 e. The number of alkyl halides is 3. The lowest BCUT2D eigenvalue weighted by atomic mass is 9.94. The minimum atomic E-state index is -4.72. The number of ether oxygens (including phenoxy) is 1. The lowest BCUT2D eigenvalue weighted by molar-refractivity contribution is -0.274. The van der Waals surface area contributed by atoms with Crippen molar-refractivity contribution in [2.24, 2.45) is 5.73 Å². The number of primary amides is 1. The molecule has 0 saturated carbocycles. The van der Waals surface area contributed by atoms with Crippen LogP contribution in [-0.2, 0) is 0 Å². The maximum atomic E-state index is 12.4. The van der Waals surface area contributed by atoms with Gasteiger partial charge in [0.25, 0.3) is 5.91 Å². The number of para-hydroxylation sites is 1. The van der Waals surface area contributed by atoms with Crippen molar-refractivity contribution in [1.82, 2.24) is 15.3 Å². The zero-order valence-corrected chi connectivity index (χ0v) is 15.6. The van der Waals surface area contributed by atoms with E-state index in [0.29, 0.717) is 35.4 Å². The van der Waals surface area contributed by atoms with Gasteiger partial charge in [0.2, 0.25) is 0 Å². The molecular weight excluding hydrogens is 399 g/mol. The first-order valence-electron chi connectivity index (χ1n) is 9.18. The minimum absolute atomic E-state index is 0.00530. The van der Waals surface area contributed by atoms with E-state index in [-0.39, 0.29) is 17.7 Å². The molecule has 10 heteroatoms. The van der Waals surface area contributed by atoms with Crippen LogP contribution in [0.15, 0.2) is 48.8 Å². The van der Waals surface area contributed by atoms with E-state index >= 15 is 0 Å². The number of fused-ring (bicyclic) bond motifs is 1. The standard InChI is InChI=1S/C20H18F3N5O2/c21-20(22,23)30-12-6-4-11(5-7-12)15-8-25-9-16(15)28-19-14-3-1-2-13(18(24)29)17(14)26-10-27-19/h1-7,10,15-16,25H,8-9H2,(H2,24,29)(H,26,27,28)/t15-,16+/m1/s1. The van der Waals surface area contributed by atoms with Crippen molar-refractivity contribution in [1.29, 1.82) is 0 Å². The van der Waals surface area contributed by atoms with Crippen LogP contribution >= 0.6 is 0 Å². The minimum Gasteiger partial charge on any atom is -0.406 e. The molecule has 0 aliphatic carbocycles. The quantitative estimate of drug-likeness (QED) is 0.590. The van der Waals surface area contributed by atoms with E-state index in [9.17, 15) is 18.0 Å². The van der Waals surface area contributed by atoms with E-state index in [2.05, 4.69) is 25.3 Å². The van der Waals surface area contributed by atoms with Gasteiger partial charge in [0.1, 0.15) is 17.9 Å². The second kappa shape index (κ2) is 7.79. The van der Waals surface area contributed by atoms with Crippen molar-refractivity contribution in [3.05, 3.63) is 59.9 Å². The predicted octanol–water partition coefficient (Wildman–Crippen LogP) is 2.79. The SMILES string of the molecule is NC(=O)c1cccc2c(N[C@H]3CNC[C@@H]3c3ccc(OC(F)(F)F)cc3)ncnc12. The molecule has 1 aliphatic rings. The molecule has 1 aliphatic heterocycles. The Kier molecular flexibility index (Phi) is 5.17. The Balaban J connectivity index is 1.58. The van der Waals surface area contributed by atoms with Gasteiger partial charge >= 0.3 is 6.36 Å². The van der Waals surface area contributed by atoms with Crippen molar-refractivity contribution in [3.8, 4) is 5.75 Å². The van der Waals surface area contributed by atoms with Gasteiger partial charge in [-0.05, 0) is 29.8 Å². The summed E-state index contributed by atoms with van der Waals surface area (Å²) in [5.41, 5.74) is 7.06. The average molecular weight is 417 g/mol. The second-order valence-electron chi connectivity index (χ2n) is 6.92. The Hall–Kier alpha value is -3.40. The number of anilines is 1. The number of rotatable bonds is 5. The van der Waals surface area contributed by atoms with Gasteiger partial charge in [-0.3, -0.25) is 4.79 Å². The molecule has 2 aromatic carbocycles. The fourth-order valence-electron chi connectivity index (χ4n) is 3.67. The third kappa shape index (κ3) is 4.13. The van der Waals surface area contributed by atoms with E-state index < -0.39 is 12.3 Å². The van der Waals surface area contributed by atoms with Gasteiger partial charge < -0.3 is 21.1 Å². The molecule has 1 fully saturated rings. The van der Waals surface area contributed by atoms with Crippen LogP contribution in [-0.4, -0.2) is 41.4 Å². The van der Waals surface area contributed by atoms with E-state index in [1.807, 2.05) is 0 Å². The van der Waals surface area contributed by atoms with Gasteiger partial charge in [-0.15, -0.1) is 13.2 Å². The number of amides is 1. The maximum absolute atomic E-state index is 12.4. The molecule has 2 atom stereocenters. The summed E-state index contributed by atoms with van der Waals surface area (Å²) in [6.07, 6.45) is -3.36. The third-order valence-corrected chi connectivity index (χ3v) is 5.01. The molecule has 156 valence electrons. The lowest BCUT2D eigenvalue weighted by Gasteiger charge is -2.22. The Morgan fingerprint density at radius 2 is 1.90 bits per heavy atom. The first-order chi connectivity index (χ1) is 14.3. The third-order valence-electron chi connectivity index (χ3n) is 5.01. The van der Waals surface area contributed by atoms with Gasteiger partial charge in [0.15, 0.2) is 0 Å². The Morgan fingerprint density at radius 3 is 2.60 bits per heavy atom. The molecule has 0 spiro atoms. The van der Waals surface area contributed by atoms with Crippen molar-refractivity contribution < 1.29 is 22.7 Å². The smallest absolute Gasteiger partial charge is 0.406 e. The zero-order chi connectivity index (χ0) is 21.3. The number of aromatic nitrogens is 2. The maximum Gasteiger partial charge on any atom is 0.573 e. The molecule has 1 amide bonds. The van der Waals surface area contributed by atoms with Gasteiger partial charge in [-0.1, -0.05) is 18.2 Å². The van der Waals surface area contributed by atoms with Crippen molar-refractivity contribution in [2.75, 3.05) is 18.4 Å². The first-order valence-corrected chi connectivity index (χ1v) is 9.18. The summed E-state index contributed by atoms with van der Waals surface area (Å²) in [5, 5.41) is 7.32. The topological polar surface area (TPSA) is 102 Å². The van der Waals surface area contributed by atoms with Crippen LogP contribution < -0.4 is 21.1 Å². The highest BCUT2D eigenvalue weighted by Gasteiger charge is 2.32. The molecule has 0 unspecified atom stereocenters. The van der Waals surface area contributed by atoms with Gasteiger partial charge in [0, 0.05) is 30.4 Å². The number of hydrogen-bond acceptors (Lipinski definition) is 6. The number of carbonyl (C=O) groups is 1. The van der Waals surface area contributed by atoms with Crippen LogP contribution in [0.2, 0.25) is 0 Å². The van der Waals surface area contributed by atoms with Crippen LogP contribution in [0.25, 0.3) is 10.9 Å². The van der Waals surface area contributed by atoms with Crippen molar-refractivity contribution in [2.45, 2.75) is 18.3 Å². The molecule has 7 nitrogen and oxygen atoms in total. The number of benzene rings is 2. The number of carbonyl (C=O) groups excluding carboxylic acids is 1. The number of nitrogens with two attached hydrogens (primary N) is 1. The summed E-state index contributed by atoms with van der Waals surface area (Å²) < 4.78 is 41.0. The van der Waals surface area contributed by atoms with Crippen molar-refractivity contribution >= 4 is 22.6 Å². The number of halogens is 3. The summed E-state index contributed by atoms with van der Waals surface area (Å²) >= 11 is 0. The van der Waals surface area contributed by atoms with Gasteiger partial charge in [0.05, 0.1) is 11.1 Å². The Labute approximate surface area is 169 Å². The van der Waals surface area contributed by atoms with E-state index in [0.717, 1.165) is 5.56 Å². The van der Waals surface area contributed by atoms with Crippen LogP contribution in [0, 0.1) is 0 Å². The van der Waals surface area contributed by atoms with Crippen molar-refractivity contribution in [3.63, 3.8) is 0 Å². The monoisotopic (exact) mass is 417 g/mol.